The summed E-state index contributed by atoms with van der Waals surface area (Å²) >= 11 is 0. The molecule has 0 aliphatic carbocycles. The van der Waals surface area contributed by atoms with Gasteiger partial charge in [-0.3, -0.25) is 9.36 Å². The Kier molecular flexibility index (Phi) is 5.65. The molecule has 0 N–H and O–H groups in total. The van der Waals surface area contributed by atoms with Crippen LogP contribution in [0.25, 0.3) is 22.2 Å². The standard InChI is InChI=1S/C24H24FN3O2/c1-3-4-12-27-16-26-22-19(18-8-6-5-7-9-18)15-28(23(22)24(27)29)14-17-10-11-21(30-2)20(25)13-17/h5-11,13,15-16H,3-4,12,14H2,1-2H3. The first-order valence-electron chi connectivity index (χ1n) is 10.1. The maximum atomic E-state index is 14.2. The van der Waals surface area contributed by atoms with Crippen molar-refractivity contribution in [3.05, 3.63) is 82.8 Å². The highest BCUT2D eigenvalue weighted by Gasteiger charge is 2.17. The molecule has 154 valence electrons. The highest BCUT2D eigenvalue weighted by Crippen LogP contribution is 2.28. The van der Waals surface area contributed by atoms with Crippen molar-refractivity contribution < 1.29 is 9.13 Å². The van der Waals surface area contributed by atoms with Crippen LogP contribution in [-0.4, -0.2) is 21.2 Å². The van der Waals surface area contributed by atoms with Gasteiger partial charge in [0.1, 0.15) is 11.0 Å². The lowest BCUT2D eigenvalue weighted by Crippen LogP contribution is -2.22. The summed E-state index contributed by atoms with van der Waals surface area (Å²) in [5.74, 6) is -0.224. The zero-order valence-corrected chi connectivity index (χ0v) is 17.1. The van der Waals surface area contributed by atoms with Crippen molar-refractivity contribution in [2.75, 3.05) is 7.11 Å². The van der Waals surface area contributed by atoms with Gasteiger partial charge in [0.15, 0.2) is 11.6 Å². The van der Waals surface area contributed by atoms with Crippen LogP contribution in [0.1, 0.15) is 25.3 Å². The number of unbranched alkanes of at least 4 members (excludes halogenated alkanes) is 1. The Morgan fingerprint density at radius 1 is 1.10 bits per heavy atom. The monoisotopic (exact) mass is 405 g/mol. The van der Waals surface area contributed by atoms with Gasteiger partial charge in [-0.15, -0.1) is 0 Å². The molecule has 5 nitrogen and oxygen atoms in total. The van der Waals surface area contributed by atoms with E-state index in [4.69, 9.17) is 4.74 Å². The second-order valence-corrected chi connectivity index (χ2v) is 7.30. The fraction of sp³-hybridized carbons (Fsp3) is 0.250. The Bertz CT molecular complexity index is 1230. The number of fused-ring (bicyclic) bond motifs is 1. The lowest BCUT2D eigenvalue weighted by molar-refractivity contribution is 0.386. The molecule has 6 heteroatoms. The van der Waals surface area contributed by atoms with Crippen LogP contribution in [0.2, 0.25) is 0 Å². The Labute approximate surface area is 174 Å². The normalized spacial score (nSPS) is 11.2. The zero-order chi connectivity index (χ0) is 21.1. The Morgan fingerprint density at radius 3 is 2.60 bits per heavy atom. The van der Waals surface area contributed by atoms with Crippen LogP contribution in [0.15, 0.2) is 65.8 Å². The van der Waals surface area contributed by atoms with Crippen LogP contribution in [0.5, 0.6) is 5.75 Å². The van der Waals surface area contributed by atoms with E-state index in [1.165, 1.54) is 13.2 Å². The first-order valence-corrected chi connectivity index (χ1v) is 10.1. The topological polar surface area (TPSA) is 49.0 Å². The van der Waals surface area contributed by atoms with E-state index in [9.17, 15) is 9.18 Å². The van der Waals surface area contributed by atoms with Gasteiger partial charge in [0, 0.05) is 24.8 Å². The second kappa shape index (κ2) is 8.53. The highest BCUT2D eigenvalue weighted by atomic mass is 19.1. The molecule has 0 bridgehead atoms. The van der Waals surface area contributed by atoms with Gasteiger partial charge in [-0.25, -0.2) is 9.37 Å². The van der Waals surface area contributed by atoms with E-state index < -0.39 is 5.82 Å². The van der Waals surface area contributed by atoms with Crippen LogP contribution >= 0.6 is 0 Å². The molecule has 4 aromatic rings. The number of nitrogens with zero attached hydrogens (tertiary/aromatic N) is 3. The molecule has 0 spiro atoms. The van der Waals surface area contributed by atoms with E-state index in [1.54, 1.807) is 17.0 Å². The molecule has 0 aliphatic heterocycles. The molecule has 0 saturated carbocycles. The summed E-state index contributed by atoms with van der Waals surface area (Å²) in [4.78, 5) is 17.9. The van der Waals surface area contributed by atoms with Crippen molar-refractivity contribution in [2.24, 2.45) is 0 Å². The average molecular weight is 405 g/mol. The van der Waals surface area contributed by atoms with E-state index in [2.05, 4.69) is 11.9 Å². The Balaban J connectivity index is 1.86. The largest absolute Gasteiger partial charge is 0.494 e. The number of aryl methyl sites for hydroxylation is 1. The molecule has 2 aromatic heterocycles. The SMILES string of the molecule is CCCCn1cnc2c(-c3ccccc3)cn(Cc3ccc(OC)c(F)c3)c2c1=O. The van der Waals surface area contributed by atoms with Crippen LogP contribution in [-0.2, 0) is 13.1 Å². The van der Waals surface area contributed by atoms with Crippen LogP contribution < -0.4 is 10.3 Å². The van der Waals surface area contributed by atoms with E-state index >= 15 is 0 Å². The van der Waals surface area contributed by atoms with Crippen LogP contribution in [0.3, 0.4) is 0 Å². The maximum absolute atomic E-state index is 14.2. The fourth-order valence-corrected chi connectivity index (χ4v) is 3.66. The predicted octanol–water partition coefficient (Wildman–Crippen LogP) is 4.86. The molecule has 0 unspecified atom stereocenters. The van der Waals surface area contributed by atoms with Crippen molar-refractivity contribution in [1.29, 1.82) is 0 Å². The molecular weight excluding hydrogens is 381 g/mol. The number of halogens is 1. The summed E-state index contributed by atoms with van der Waals surface area (Å²) in [6.07, 6.45) is 5.46. The van der Waals surface area contributed by atoms with Gasteiger partial charge >= 0.3 is 0 Å². The van der Waals surface area contributed by atoms with E-state index in [0.717, 1.165) is 29.5 Å². The fourth-order valence-electron chi connectivity index (χ4n) is 3.66. The first-order chi connectivity index (χ1) is 14.6. The molecule has 0 atom stereocenters. The number of rotatable bonds is 7. The first kappa shape index (κ1) is 19.9. The molecule has 2 heterocycles. The van der Waals surface area contributed by atoms with Crippen molar-refractivity contribution >= 4 is 11.0 Å². The minimum absolute atomic E-state index is 0.0791. The highest BCUT2D eigenvalue weighted by molar-refractivity contribution is 5.92. The summed E-state index contributed by atoms with van der Waals surface area (Å²) in [6.45, 7) is 3.08. The number of hydrogen-bond acceptors (Lipinski definition) is 3. The van der Waals surface area contributed by atoms with E-state index in [-0.39, 0.29) is 11.3 Å². The molecule has 0 aliphatic rings. The van der Waals surface area contributed by atoms with Gasteiger partial charge in [0.2, 0.25) is 0 Å². The van der Waals surface area contributed by atoms with Crippen molar-refractivity contribution in [3.8, 4) is 16.9 Å². The summed E-state index contributed by atoms with van der Waals surface area (Å²) in [6, 6.07) is 14.7. The summed E-state index contributed by atoms with van der Waals surface area (Å²) < 4.78 is 22.7. The molecule has 30 heavy (non-hydrogen) atoms. The third-order valence-electron chi connectivity index (χ3n) is 5.25. The second-order valence-electron chi connectivity index (χ2n) is 7.30. The predicted molar refractivity (Wildman–Crippen MR) is 116 cm³/mol. The number of aromatic nitrogens is 3. The van der Waals surface area contributed by atoms with Crippen LogP contribution in [0.4, 0.5) is 4.39 Å². The smallest absolute Gasteiger partial charge is 0.277 e. The molecule has 2 aromatic carbocycles. The lowest BCUT2D eigenvalue weighted by atomic mass is 10.1. The van der Waals surface area contributed by atoms with Crippen LogP contribution in [0, 0.1) is 5.82 Å². The lowest BCUT2D eigenvalue weighted by Gasteiger charge is -2.09. The Hall–Kier alpha value is -3.41. The molecule has 0 saturated heterocycles. The quantitative estimate of drug-likeness (QED) is 0.441. The van der Waals surface area contributed by atoms with Gasteiger partial charge in [-0.2, -0.15) is 0 Å². The number of methoxy groups -OCH3 is 1. The summed E-state index contributed by atoms with van der Waals surface area (Å²) in [5, 5.41) is 0. The van der Waals surface area contributed by atoms with Gasteiger partial charge < -0.3 is 9.30 Å². The van der Waals surface area contributed by atoms with Crippen molar-refractivity contribution in [1.82, 2.24) is 14.1 Å². The molecular formula is C24H24FN3O2. The number of benzene rings is 2. The number of ether oxygens (including phenoxy) is 1. The maximum Gasteiger partial charge on any atom is 0.277 e. The third kappa shape index (κ3) is 3.73. The molecule has 0 fully saturated rings. The molecule has 4 rings (SSSR count). The van der Waals surface area contributed by atoms with Gasteiger partial charge in [-0.05, 0) is 29.7 Å². The van der Waals surface area contributed by atoms with Gasteiger partial charge in [0.25, 0.3) is 5.56 Å². The third-order valence-corrected chi connectivity index (χ3v) is 5.25. The molecule has 0 radical (unpaired) electrons. The Morgan fingerprint density at radius 2 is 1.90 bits per heavy atom. The number of hydrogen-bond donors (Lipinski definition) is 0. The van der Waals surface area contributed by atoms with Crippen molar-refractivity contribution in [3.63, 3.8) is 0 Å². The van der Waals surface area contributed by atoms with Gasteiger partial charge in [0.05, 0.1) is 13.4 Å². The average Bonchev–Trinajstić information content (AvgIpc) is 3.13. The van der Waals surface area contributed by atoms with Gasteiger partial charge in [-0.1, -0.05) is 49.7 Å². The summed E-state index contributed by atoms with van der Waals surface area (Å²) in [7, 11) is 1.44. The van der Waals surface area contributed by atoms with E-state index in [0.29, 0.717) is 24.1 Å². The minimum Gasteiger partial charge on any atom is -0.494 e. The summed E-state index contributed by atoms with van der Waals surface area (Å²) in [5.41, 5.74) is 3.73. The molecule has 0 amide bonds. The zero-order valence-electron chi connectivity index (χ0n) is 17.1. The van der Waals surface area contributed by atoms with Crippen molar-refractivity contribution in [2.45, 2.75) is 32.9 Å². The van der Waals surface area contributed by atoms with E-state index in [1.807, 2.05) is 47.2 Å². The minimum atomic E-state index is -0.423.